The van der Waals surface area contributed by atoms with Crippen molar-refractivity contribution in [3.8, 4) is 11.5 Å². The Balaban J connectivity index is 2.01. The maximum atomic E-state index is 12.0. The minimum Gasteiger partial charge on any atom is -0.453 e. The zero-order valence-corrected chi connectivity index (χ0v) is 9.72. The smallest absolute Gasteiger partial charge is 0.166 e. The van der Waals surface area contributed by atoms with Crippen LogP contribution in [-0.2, 0) is 0 Å². The van der Waals surface area contributed by atoms with Crippen LogP contribution in [0.4, 0.5) is 11.4 Å². The lowest BCUT2D eigenvalue weighted by Gasteiger charge is -2.36. The van der Waals surface area contributed by atoms with Crippen molar-refractivity contribution in [2.24, 2.45) is 0 Å². The lowest BCUT2D eigenvalue weighted by molar-refractivity contribution is 0.0980. The fourth-order valence-electron chi connectivity index (χ4n) is 2.69. The van der Waals surface area contributed by atoms with E-state index in [4.69, 9.17) is 4.74 Å². The topological polar surface area (TPSA) is 29.5 Å². The Morgan fingerprint density at radius 2 is 1.83 bits per heavy atom. The molecule has 0 radical (unpaired) electrons. The minimum absolute atomic E-state index is 0.200. The maximum absolute atomic E-state index is 12.0. The van der Waals surface area contributed by atoms with E-state index in [0.717, 1.165) is 35.0 Å². The summed E-state index contributed by atoms with van der Waals surface area (Å²) in [7, 11) is 0. The number of carbonyl (C=O) groups is 1. The summed E-state index contributed by atoms with van der Waals surface area (Å²) in [5.41, 5.74) is 2.74. The van der Waals surface area contributed by atoms with Gasteiger partial charge in [0.05, 0.1) is 11.4 Å². The zero-order valence-electron chi connectivity index (χ0n) is 9.72. The van der Waals surface area contributed by atoms with E-state index >= 15 is 0 Å². The third-order valence-corrected chi connectivity index (χ3v) is 3.51. The number of nitrogens with zero attached hydrogens (tertiary/aromatic N) is 1. The van der Waals surface area contributed by atoms with Crippen LogP contribution in [-0.4, -0.2) is 12.3 Å². The number of rotatable bonds is 0. The fraction of sp³-hybridized carbons (Fsp3) is 0.133. The van der Waals surface area contributed by atoms with Gasteiger partial charge in [-0.3, -0.25) is 4.79 Å². The molecule has 3 heteroatoms. The number of hydrogen-bond acceptors (Lipinski definition) is 3. The van der Waals surface area contributed by atoms with Crippen LogP contribution in [0.3, 0.4) is 0 Å². The van der Waals surface area contributed by atoms with Gasteiger partial charge in [-0.25, -0.2) is 0 Å². The van der Waals surface area contributed by atoms with Crippen molar-refractivity contribution < 1.29 is 9.53 Å². The molecule has 0 aromatic heterocycles. The summed E-state index contributed by atoms with van der Waals surface area (Å²) < 4.78 is 5.88. The van der Waals surface area contributed by atoms with Gasteiger partial charge in [-0.05, 0) is 24.3 Å². The average molecular weight is 237 g/mol. The molecule has 2 aliphatic rings. The van der Waals surface area contributed by atoms with E-state index < -0.39 is 0 Å². The highest BCUT2D eigenvalue weighted by atomic mass is 16.5. The molecule has 88 valence electrons. The molecule has 2 aromatic carbocycles. The van der Waals surface area contributed by atoms with Crippen LogP contribution in [0.25, 0.3) is 0 Å². The third kappa shape index (κ3) is 1.16. The van der Waals surface area contributed by atoms with Crippen LogP contribution in [0, 0.1) is 0 Å². The first kappa shape index (κ1) is 9.71. The first-order valence-electron chi connectivity index (χ1n) is 6.05. The molecule has 0 N–H and O–H groups in total. The molecule has 0 atom stereocenters. The van der Waals surface area contributed by atoms with E-state index in [-0.39, 0.29) is 5.78 Å². The van der Waals surface area contributed by atoms with Crippen molar-refractivity contribution in [3.63, 3.8) is 0 Å². The summed E-state index contributed by atoms with van der Waals surface area (Å²) in [6.07, 6.45) is 0.560. The quantitative estimate of drug-likeness (QED) is 0.702. The molecule has 0 aliphatic carbocycles. The molecule has 0 amide bonds. The molecule has 0 unspecified atom stereocenters. The van der Waals surface area contributed by atoms with Gasteiger partial charge in [0.25, 0.3) is 0 Å². The molecule has 0 fully saturated rings. The molecule has 4 rings (SSSR count). The van der Waals surface area contributed by atoms with E-state index in [2.05, 4.69) is 4.90 Å². The molecule has 0 bridgehead atoms. The molecule has 0 saturated carbocycles. The predicted octanol–water partition coefficient (Wildman–Crippen LogP) is 3.52. The summed E-state index contributed by atoms with van der Waals surface area (Å²) in [4.78, 5) is 14.1. The van der Waals surface area contributed by atoms with Crippen molar-refractivity contribution in [1.82, 2.24) is 0 Å². The number of ether oxygens (including phenoxy) is 1. The first-order chi connectivity index (χ1) is 8.84. The van der Waals surface area contributed by atoms with Crippen LogP contribution in [0.2, 0.25) is 0 Å². The Kier molecular flexibility index (Phi) is 1.81. The van der Waals surface area contributed by atoms with E-state index in [1.165, 1.54) is 0 Å². The van der Waals surface area contributed by atoms with Gasteiger partial charge < -0.3 is 9.64 Å². The number of Topliss-reactive ketones (excluding diaryl/α,β-unsaturated/α-hetero) is 1. The second-order valence-electron chi connectivity index (χ2n) is 4.55. The Morgan fingerprint density at radius 1 is 1.00 bits per heavy atom. The standard InChI is InChI=1S/C15H11NO2/c17-12-8-9-16-11-5-1-2-6-13(11)18-14-7-3-4-10(12)15(14)16/h1-7H,8-9H2. The molecular formula is C15H11NO2. The second kappa shape index (κ2) is 3.35. The monoisotopic (exact) mass is 237 g/mol. The van der Waals surface area contributed by atoms with Crippen LogP contribution >= 0.6 is 0 Å². The Labute approximate surface area is 105 Å². The summed E-state index contributed by atoms with van der Waals surface area (Å²) in [6.45, 7) is 0.725. The van der Waals surface area contributed by atoms with E-state index in [0.29, 0.717) is 6.42 Å². The lowest BCUT2D eigenvalue weighted by atomic mass is 9.98. The van der Waals surface area contributed by atoms with Crippen LogP contribution in [0.5, 0.6) is 11.5 Å². The van der Waals surface area contributed by atoms with E-state index in [1.807, 2.05) is 42.5 Å². The van der Waals surface area contributed by atoms with E-state index in [9.17, 15) is 4.79 Å². The van der Waals surface area contributed by atoms with E-state index in [1.54, 1.807) is 0 Å². The van der Waals surface area contributed by atoms with Gasteiger partial charge in [-0.1, -0.05) is 18.2 Å². The van der Waals surface area contributed by atoms with Crippen molar-refractivity contribution in [2.75, 3.05) is 11.4 Å². The number of fused-ring (bicyclic) bond motifs is 2. The van der Waals surface area contributed by atoms with Gasteiger partial charge in [0, 0.05) is 18.5 Å². The molecular weight excluding hydrogens is 226 g/mol. The molecule has 3 nitrogen and oxygen atoms in total. The average Bonchev–Trinajstić information content (AvgIpc) is 2.42. The Morgan fingerprint density at radius 3 is 2.78 bits per heavy atom. The van der Waals surface area contributed by atoms with Gasteiger partial charge >= 0.3 is 0 Å². The number of para-hydroxylation sites is 3. The number of ketones is 1. The molecule has 2 heterocycles. The normalized spacial score (nSPS) is 15.8. The third-order valence-electron chi connectivity index (χ3n) is 3.51. The Bertz CT molecular complexity index is 663. The van der Waals surface area contributed by atoms with Crippen LogP contribution in [0.15, 0.2) is 42.5 Å². The van der Waals surface area contributed by atoms with Gasteiger partial charge in [-0.15, -0.1) is 0 Å². The molecule has 2 aliphatic heterocycles. The highest BCUT2D eigenvalue weighted by Crippen LogP contribution is 2.49. The van der Waals surface area contributed by atoms with Crippen molar-refractivity contribution in [1.29, 1.82) is 0 Å². The van der Waals surface area contributed by atoms with Gasteiger partial charge in [0.2, 0.25) is 0 Å². The highest BCUT2D eigenvalue weighted by molar-refractivity contribution is 6.06. The van der Waals surface area contributed by atoms with Gasteiger partial charge in [0.1, 0.15) is 0 Å². The van der Waals surface area contributed by atoms with Crippen LogP contribution in [0.1, 0.15) is 16.8 Å². The largest absolute Gasteiger partial charge is 0.453 e. The highest BCUT2D eigenvalue weighted by Gasteiger charge is 2.32. The van der Waals surface area contributed by atoms with Crippen molar-refractivity contribution in [2.45, 2.75) is 6.42 Å². The molecule has 0 spiro atoms. The van der Waals surface area contributed by atoms with Crippen molar-refractivity contribution in [3.05, 3.63) is 48.0 Å². The van der Waals surface area contributed by atoms with Gasteiger partial charge in [0.15, 0.2) is 17.3 Å². The minimum atomic E-state index is 0.200. The maximum Gasteiger partial charge on any atom is 0.166 e. The lowest BCUT2D eigenvalue weighted by Crippen LogP contribution is -2.30. The second-order valence-corrected chi connectivity index (χ2v) is 4.55. The SMILES string of the molecule is O=C1CCN2c3ccccc3Oc3cccc1c32. The van der Waals surface area contributed by atoms with Crippen molar-refractivity contribution >= 4 is 17.2 Å². The summed E-state index contributed by atoms with van der Waals surface area (Å²) in [6, 6.07) is 13.6. The Hall–Kier alpha value is -2.29. The number of carbonyl (C=O) groups excluding carboxylic acids is 1. The number of anilines is 2. The molecule has 18 heavy (non-hydrogen) atoms. The summed E-state index contributed by atoms with van der Waals surface area (Å²) in [5.74, 6) is 1.84. The molecule has 0 saturated heterocycles. The zero-order chi connectivity index (χ0) is 12.1. The first-order valence-corrected chi connectivity index (χ1v) is 6.05. The number of hydrogen-bond donors (Lipinski definition) is 0. The summed E-state index contributed by atoms with van der Waals surface area (Å²) in [5, 5.41) is 0. The predicted molar refractivity (Wildman–Crippen MR) is 68.9 cm³/mol. The van der Waals surface area contributed by atoms with Gasteiger partial charge in [-0.2, -0.15) is 0 Å². The summed E-state index contributed by atoms with van der Waals surface area (Å²) >= 11 is 0. The number of benzene rings is 2. The molecule has 2 aromatic rings. The fourth-order valence-corrected chi connectivity index (χ4v) is 2.69. The van der Waals surface area contributed by atoms with Crippen LogP contribution < -0.4 is 9.64 Å².